The second kappa shape index (κ2) is 9.40. The lowest BCUT2D eigenvalue weighted by molar-refractivity contribution is 0.0514. The first-order valence-electron chi connectivity index (χ1n) is 9.81. The van der Waals surface area contributed by atoms with E-state index in [4.69, 9.17) is 9.47 Å². The Hall–Kier alpha value is -2.56. The highest BCUT2D eigenvalue weighted by Gasteiger charge is 2.23. The summed E-state index contributed by atoms with van der Waals surface area (Å²) < 4.78 is 11.2. The molecule has 0 amide bonds. The predicted molar refractivity (Wildman–Crippen MR) is 104 cm³/mol. The van der Waals surface area contributed by atoms with Crippen LogP contribution in [0.3, 0.4) is 0 Å². The Morgan fingerprint density at radius 1 is 1.11 bits per heavy atom. The van der Waals surface area contributed by atoms with E-state index in [1.165, 1.54) is 12.0 Å². The molecular formula is C22H27NO4. The van der Waals surface area contributed by atoms with Gasteiger partial charge in [-0.2, -0.15) is 0 Å². The molecule has 1 saturated carbocycles. The molecule has 0 bridgehead atoms. The monoisotopic (exact) mass is 369 g/mol. The number of hydrogen-bond donors (Lipinski definition) is 1. The number of H-pyrrole nitrogens is 1. The van der Waals surface area contributed by atoms with Gasteiger partial charge in [0.15, 0.2) is 5.56 Å². The number of benzene rings is 1. The van der Waals surface area contributed by atoms with Crippen LogP contribution < -0.4 is 10.3 Å². The molecule has 144 valence electrons. The Kier molecular flexibility index (Phi) is 6.69. The van der Waals surface area contributed by atoms with Gasteiger partial charge >= 0.3 is 5.97 Å². The van der Waals surface area contributed by atoms with Crippen molar-refractivity contribution in [3.05, 3.63) is 63.6 Å². The fraction of sp³-hybridized carbons (Fsp3) is 0.455. The zero-order valence-electron chi connectivity index (χ0n) is 15.8. The van der Waals surface area contributed by atoms with E-state index >= 15 is 0 Å². The van der Waals surface area contributed by atoms with Crippen LogP contribution in [0, 0.1) is 0 Å². The van der Waals surface area contributed by atoms with Crippen LogP contribution in [0.4, 0.5) is 0 Å². The second-order valence-electron chi connectivity index (χ2n) is 6.95. The first kappa shape index (κ1) is 19.2. The molecule has 0 aliphatic heterocycles. The molecular weight excluding hydrogens is 342 g/mol. The number of ether oxygens (including phenoxy) is 2. The SMILES string of the molecule is CCOC(=O)c1c(OC2CCCCC2)cc(CCc2ccccc2)[nH]c1=O. The maximum Gasteiger partial charge on any atom is 0.347 e. The predicted octanol–water partition coefficient (Wildman–Crippen LogP) is 4.05. The lowest BCUT2D eigenvalue weighted by Gasteiger charge is -2.24. The Labute approximate surface area is 159 Å². The van der Waals surface area contributed by atoms with Crippen LogP contribution in [0.2, 0.25) is 0 Å². The number of carbonyl (C=O) groups is 1. The Morgan fingerprint density at radius 3 is 2.56 bits per heavy atom. The summed E-state index contributed by atoms with van der Waals surface area (Å²) in [4.78, 5) is 27.7. The summed E-state index contributed by atoms with van der Waals surface area (Å²) in [6.07, 6.45) is 6.87. The second-order valence-corrected chi connectivity index (χ2v) is 6.95. The molecule has 1 N–H and O–H groups in total. The number of rotatable bonds is 7. The zero-order valence-corrected chi connectivity index (χ0v) is 15.8. The van der Waals surface area contributed by atoms with Gasteiger partial charge in [0.2, 0.25) is 0 Å². The van der Waals surface area contributed by atoms with Gasteiger partial charge in [-0.05, 0) is 51.0 Å². The third-order valence-electron chi connectivity index (χ3n) is 4.90. The van der Waals surface area contributed by atoms with Gasteiger partial charge in [-0.25, -0.2) is 4.79 Å². The first-order valence-corrected chi connectivity index (χ1v) is 9.81. The third-order valence-corrected chi connectivity index (χ3v) is 4.90. The van der Waals surface area contributed by atoms with Crippen LogP contribution in [0.5, 0.6) is 5.75 Å². The minimum Gasteiger partial charge on any atom is -0.489 e. The van der Waals surface area contributed by atoms with E-state index in [9.17, 15) is 9.59 Å². The molecule has 1 aromatic carbocycles. The molecule has 1 aromatic heterocycles. The van der Waals surface area contributed by atoms with Crippen molar-refractivity contribution in [1.82, 2.24) is 4.98 Å². The average Bonchev–Trinajstić information content (AvgIpc) is 2.68. The number of hydrogen-bond acceptors (Lipinski definition) is 4. The molecule has 3 rings (SSSR count). The molecule has 5 heteroatoms. The minimum atomic E-state index is -0.626. The Balaban J connectivity index is 1.84. The summed E-state index contributed by atoms with van der Waals surface area (Å²) in [7, 11) is 0. The summed E-state index contributed by atoms with van der Waals surface area (Å²) in [5.41, 5.74) is 1.50. The molecule has 2 aromatic rings. The van der Waals surface area contributed by atoms with Crippen molar-refractivity contribution in [2.45, 2.75) is 58.0 Å². The molecule has 0 spiro atoms. The van der Waals surface area contributed by atoms with Crippen molar-refractivity contribution in [1.29, 1.82) is 0 Å². The third kappa shape index (κ3) is 5.22. The van der Waals surface area contributed by atoms with Crippen LogP contribution >= 0.6 is 0 Å². The maximum absolute atomic E-state index is 12.6. The van der Waals surface area contributed by atoms with Crippen LogP contribution in [0.15, 0.2) is 41.2 Å². The summed E-state index contributed by atoms with van der Waals surface area (Å²) in [6.45, 7) is 1.94. The van der Waals surface area contributed by atoms with Gasteiger partial charge in [0.05, 0.1) is 12.7 Å². The van der Waals surface area contributed by atoms with Gasteiger partial charge in [0, 0.05) is 11.8 Å². The highest BCUT2D eigenvalue weighted by Crippen LogP contribution is 2.26. The highest BCUT2D eigenvalue weighted by molar-refractivity contribution is 5.92. The lowest BCUT2D eigenvalue weighted by Crippen LogP contribution is -2.26. The van der Waals surface area contributed by atoms with Gasteiger partial charge in [0.1, 0.15) is 5.75 Å². The maximum atomic E-state index is 12.6. The van der Waals surface area contributed by atoms with E-state index in [1.807, 2.05) is 18.2 Å². The minimum absolute atomic E-state index is 0.0223. The average molecular weight is 369 g/mol. The first-order chi connectivity index (χ1) is 13.2. The van der Waals surface area contributed by atoms with Crippen molar-refractivity contribution in [2.75, 3.05) is 6.61 Å². The fourth-order valence-electron chi connectivity index (χ4n) is 3.50. The van der Waals surface area contributed by atoms with Crippen LogP contribution in [0.1, 0.15) is 60.6 Å². The zero-order chi connectivity index (χ0) is 19.1. The largest absolute Gasteiger partial charge is 0.489 e. The number of aryl methyl sites for hydroxylation is 2. The fourth-order valence-corrected chi connectivity index (χ4v) is 3.50. The Morgan fingerprint density at radius 2 is 1.85 bits per heavy atom. The van der Waals surface area contributed by atoms with Crippen molar-refractivity contribution in [3.63, 3.8) is 0 Å². The van der Waals surface area contributed by atoms with Crippen molar-refractivity contribution in [3.8, 4) is 5.75 Å². The number of carbonyl (C=O) groups excluding carboxylic acids is 1. The molecule has 1 aliphatic carbocycles. The van der Waals surface area contributed by atoms with Crippen LogP contribution in [-0.2, 0) is 17.6 Å². The van der Waals surface area contributed by atoms with E-state index < -0.39 is 11.5 Å². The molecule has 0 saturated heterocycles. The number of nitrogens with one attached hydrogen (secondary N) is 1. The standard InChI is InChI=1S/C22H27NO4/c1-2-26-22(25)20-19(27-18-11-7-4-8-12-18)15-17(23-21(20)24)14-13-16-9-5-3-6-10-16/h3,5-6,9-10,15,18H,2,4,7-8,11-14H2,1H3,(H,23,24). The van der Waals surface area contributed by atoms with E-state index in [1.54, 1.807) is 13.0 Å². The van der Waals surface area contributed by atoms with Crippen LogP contribution in [0.25, 0.3) is 0 Å². The van der Waals surface area contributed by atoms with Crippen molar-refractivity contribution in [2.24, 2.45) is 0 Å². The molecule has 5 nitrogen and oxygen atoms in total. The summed E-state index contributed by atoms with van der Waals surface area (Å²) in [5.74, 6) is -0.272. The molecule has 27 heavy (non-hydrogen) atoms. The number of aromatic amines is 1. The topological polar surface area (TPSA) is 68.4 Å². The van der Waals surface area contributed by atoms with Gasteiger partial charge in [0.25, 0.3) is 5.56 Å². The van der Waals surface area contributed by atoms with E-state index in [2.05, 4.69) is 17.1 Å². The van der Waals surface area contributed by atoms with Gasteiger partial charge < -0.3 is 14.5 Å². The molecule has 1 fully saturated rings. The summed E-state index contributed by atoms with van der Waals surface area (Å²) in [6, 6.07) is 11.9. The number of aromatic nitrogens is 1. The normalized spacial score (nSPS) is 14.7. The van der Waals surface area contributed by atoms with Crippen molar-refractivity contribution < 1.29 is 14.3 Å². The molecule has 0 atom stereocenters. The van der Waals surface area contributed by atoms with E-state index in [0.29, 0.717) is 12.2 Å². The van der Waals surface area contributed by atoms with Crippen LogP contribution in [-0.4, -0.2) is 23.7 Å². The summed E-state index contributed by atoms with van der Waals surface area (Å²) >= 11 is 0. The lowest BCUT2D eigenvalue weighted by atomic mass is 9.97. The summed E-state index contributed by atoms with van der Waals surface area (Å²) in [5, 5.41) is 0. The molecule has 0 unspecified atom stereocenters. The molecule has 0 radical (unpaired) electrons. The smallest absolute Gasteiger partial charge is 0.347 e. The molecule has 1 aliphatic rings. The van der Waals surface area contributed by atoms with E-state index in [-0.39, 0.29) is 18.3 Å². The molecule has 1 heterocycles. The van der Waals surface area contributed by atoms with E-state index in [0.717, 1.165) is 37.8 Å². The number of pyridine rings is 1. The Bertz CT molecular complexity index is 807. The number of esters is 1. The van der Waals surface area contributed by atoms with Crippen molar-refractivity contribution >= 4 is 5.97 Å². The van der Waals surface area contributed by atoms with Gasteiger partial charge in [-0.15, -0.1) is 0 Å². The van der Waals surface area contributed by atoms with Gasteiger partial charge in [-0.1, -0.05) is 36.8 Å². The van der Waals surface area contributed by atoms with Gasteiger partial charge in [-0.3, -0.25) is 4.79 Å². The highest BCUT2D eigenvalue weighted by atomic mass is 16.5. The quantitative estimate of drug-likeness (QED) is 0.748.